The zero-order valence-corrected chi connectivity index (χ0v) is 13.3. The summed E-state index contributed by atoms with van der Waals surface area (Å²) in [6, 6.07) is 24.0. The van der Waals surface area contributed by atoms with Gasteiger partial charge in [0.05, 0.1) is 5.69 Å². The van der Waals surface area contributed by atoms with Crippen LogP contribution in [0.2, 0.25) is 0 Å². The van der Waals surface area contributed by atoms with Gasteiger partial charge in [0.15, 0.2) is 5.82 Å². The van der Waals surface area contributed by atoms with Crippen molar-refractivity contribution in [3.05, 3.63) is 84.6 Å². The summed E-state index contributed by atoms with van der Waals surface area (Å²) >= 11 is 0. The number of nitrogens with zero attached hydrogens (tertiary/aromatic N) is 4. The molecule has 4 aromatic rings. The highest BCUT2D eigenvalue weighted by Gasteiger charge is 2.13. The van der Waals surface area contributed by atoms with Crippen LogP contribution in [-0.2, 0) is 0 Å². The van der Waals surface area contributed by atoms with Gasteiger partial charge in [0.25, 0.3) is 0 Å². The molecule has 4 nitrogen and oxygen atoms in total. The molecule has 0 aliphatic carbocycles. The van der Waals surface area contributed by atoms with Gasteiger partial charge in [-0.05, 0) is 31.2 Å². The largest absolute Gasteiger partial charge is 0.283 e. The summed E-state index contributed by atoms with van der Waals surface area (Å²) in [6.07, 6.45) is 1.96. The van der Waals surface area contributed by atoms with Gasteiger partial charge in [-0.3, -0.25) is 4.40 Å². The van der Waals surface area contributed by atoms with Gasteiger partial charge in [0, 0.05) is 11.8 Å². The second-order valence-corrected chi connectivity index (χ2v) is 5.61. The molecule has 116 valence electrons. The van der Waals surface area contributed by atoms with Crippen LogP contribution in [0.15, 0.2) is 89.2 Å². The minimum absolute atomic E-state index is 0.734. The number of hydrogen-bond donors (Lipinski definition) is 0. The van der Waals surface area contributed by atoms with E-state index in [2.05, 4.69) is 17.2 Å². The van der Waals surface area contributed by atoms with Crippen molar-refractivity contribution in [2.24, 2.45) is 10.2 Å². The molecule has 0 aliphatic heterocycles. The molecule has 4 rings (SSSR count). The maximum absolute atomic E-state index is 4.72. The quantitative estimate of drug-likeness (QED) is 0.446. The van der Waals surface area contributed by atoms with E-state index in [1.54, 1.807) is 0 Å². The topological polar surface area (TPSA) is 42.0 Å². The number of imidazole rings is 1. The summed E-state index contributed by atoms with van der Waals surface area (Å²) in [5, 5.41) is 8.89. The van der Waals surface area contributed by atoms with Gasteiger partial charge in [-0.25, -0.2) is 4.98 Å². The van der Waals surface area contributed by atoms with Crippen molar-refractivity contribution in [1.29, 1.82) is 0 Å². The Morgan fingerprint density at radius 1 is 0.792 bits per heavy atom. The molecule has 0 saturated heterocycles. The minimum Gasteiger partial charge on any atom is -0.283 e. The summed E-state index contributed by atoms with van der Waals surface area (Å²) in [4.78, 5) is 4.72. The van der Waals surface area contributed by atoms with E-state index in [4.69, 9.17) is 4.98 Å². The molecule has 0 fully saturated rings. The van der Waals surface area contributed by atoms with Gasteiger partial charge in [-0.2, -0.15) is 0 Å². The average Bonchev–Trinajstić information content (AvgIpc) is 3.01. The van der Waals surface area contributed by atoms with Crippen LogP contribution in [0, 0.1) is 6.92 Å². The van der Waals surface area contributed by atoms with E-state index in [1.165, 1.54) is 5.56 Å². The smallest absolute Gasteiger partial charge is 0.187 e. The Hall–Kier alpha value is -3.27. The highest BCUT2D eigenvalue weighted by molar-refractivity contribution is 5.74. The lowest BCUT2D eigenvalue weighted by Gasteiger charge is -1.99. The standard InChI is InChI=1S/C20H16N4/c1-15-10-12-17(13-11-15)22-23-20-19(16-7-3-2-4-8-16)21-18-9-5-6-14-24(18)20/h2-14H,1H3. The molecule has 2 heterocycles. The van der Waals surface area contributed by atoms with Crippen molar-refractivity contribution in [1.82, 2.24) is 9.38 Å². The van der Waals surface area contributed by atoms with Gasteiger partial charge in [0.1, 0.15) is 11.3 Å². The first-order valence-corrected chi connectivity index (χ1v) is 7.82. The van der Waals surface area contributed by atoms with E-state index >= 15 is 0 Å². The van der Waals surface area contributed by atoms with Crippen molar-refractivity contribution in [2.75, 3.05) is 0 Å². The van der Waals surface area contributed by atoms with Crippen molar-refractivity contribution < 1.29 is 0 Å². The van der Waals surface area contributed by atoms with Crippen LogP contribution in [0.3, 0.4) is 0 Å². The summed E-state index contributed by atoms with van der Waals surface area (Å²) in [6.45, 7) is 2.05. The normalized spacial score (nSPS) is 11.4. The SMILES string of the molecule is Cc1ccc(N=Nc2c(-c3ccccc3)nc3ccccn23)cc1. The lowest BCUT2D eigenvalue weighted by atomic mass is 10.1. The first-order valence-electron chi connectivity index (χ1n) is 7.82. The highest BCUT2D eigenvalue weighted by Crippen LogP contribution is 2.32. The number of hydrogen-bond acceptors (Lipinski definition) is 3. The molecule has 0 unspecified atom stereocenters. The number of fused-ring (bicyclic) bond motifs is 1. The minimum atomic E-state index is 0.734. The van der Waals surface area contributed by atoms with Crippen molar-refractivity contribution in [3.8, 4) is 11.3 Å². The fraction of sp³-hybridized carbons (Fsp3) is 0.0500. The second-order valence-electron chi connectivity index (χ2n) is 5.61. The Labute approximate surface area is 140 Å². The van der Waals surface area contributed by atoms with Crippen LogP contribution in [-0.4, -0.2) is 9.38 Å². The van der Waals surface area contributed by atoms with Crippen LogP contribution in [0.5, 0.6) is 0 Å². The Morgan fingerprint density at radius 2 is 1.54 bits per heavy atom. The highest BCUT2D eigenvalue weighted by atomic mass is 15.2. The number of pyridine rings is 1. The average molecular weight is 312 g/mol. The Morgan fingerprint density at radius 3 is 2.33 bits per heavy atom. The third-order valence-electron chi connectivity index (χ3n) is 3.85. The zero-order valence-electron chi connectivity index (χ0n) is 13.3. The first kappa shape index (κ1) is 14.3. The fourth-order valence-corrected chi connectivity index (χ4v) is 2.58. The third kappa shape index (κ3) is 2.70. The Bertz CT molecular complexity index is 999. The van der Waals surface area contributed by atoms with E-state index in [9.17, 15) is 0 Å². The third-order valence-corrected chi connectivity index (χ3v) is 3.85. The Balaban J connectivity index is 1.85. The summed E-state index contributed by atoms with van der Waals surface area (Å²) in [5.74, 6) is 0.734. The van der Waals surface area contributed by atoms with E-state index in [1.807, 2.05) is 83.4 Å². The lowest BCUT2D eigenvalue weighted by Crippen LogP contribution is -1.81. The summed E-state index contributed by atoms with van der Waals surface area (Å²) in [5.41, 5.74) is 4.74. The predicted octanol–water partition coefficient (Wildman–Crippen LogP) is 5.73. The number of aryl methyl sites for hydroxylation is 1. The Kier molecular flexibility index (Phi) is 3.63. The molecule has 2 aromatic heterocycles. The predicted molar refractivity (Wildman–Crippen MR) is 96.0 cm³/mol. The molecule has 0 aliphatic rings. The number of rotatable bonds is 3. The van der Waals surface area contributed by atoms with Gasteiger partial charge >= 0.3 is 0 Å². The van der Waals surface area contributed by atoms with Gasteiger partial charge in [-0.1, -0.05) is 54.1 Å². The van der Waals surface area contributed by atoms with E-state index in [0.717, 1.165) is 28.4 Å². The van der Waals surface area contributed by atoms with E-state index in [-0.39, 0.29) is 0 Å². The molecule has 0 saturated carbocycles. The second kappa shape index (κ2) is 6.08. The number of benzene rings is 2. The van der Waals surface area contributed by atoms with Gasteiger partial charge < -0.3 is 0 Å². The molecule has 0 N–H and O–H groups in total. The molecule has 0 spiro atoms. The first-order chi connectivity index (χ1) is 11.8. The summed E-state index contributed by atoms with van der Waals surface area (Å²) in [7, 11) is 0. The van der Waals surface area contributed by atoms with E-state index < -0.39 is 0 Å². The van der Waals surface area contributed by atoms with Gasteiger partial charge in [0.2, 0.25) is 0 Å². The molecule has 0 atom stereocenters. The zero-order chi connectivity index (χ0) is 16.4. The van der Waals surface area contributed by atoms with Crippen LogP contribution in [0.1, 0.15) is 5.56 Å². The van der Waals surface area contributed by atoms with Crippen LogP contribution in [0.4, 0.5) is 11.5 Å². The van der Waals surface area contributed by atoms with Gasteiger partial charge in [-0.15, -0.1) is 10.2 Å². The lowest BCUT2D eigenvalue weighted by molar-refractivity contribution is 1.10. The molecular formula is C20H16N4. The summed E-state index contributed by atoms with van der Waals surface area (Å²) < 4.78 is 1.96. The molecule has 2 aromatic carbocycles. The molecular weight excluding hydrogens is 296 g/mol. The molecule has 0 amide bonds. The number of azo groups is 1. The van der Waals surface area contributed by atoms with Crippen LogP contribution >= 0.6 is 0 Å². The molecule has 4 heteroatoms. The number of aromatic nitrogens is 2. The molecule has 0 radical (unpaired) electrons. The van der Waals surface area contributed by atoms with Crippen molar-refractivity contribution in [2.45, 2.75) is 6.92 Å². The van der Waals surface area contributed by atoms with Crippen LogP contribution < -0.4 is 0 Å². The van der Waals surface area contributed by atoms with Crippen LogP contribution in [0.25, 0.3) is 16.9 Å². The van der Waals surface area contributed by atoms with Crippen molar-refractivity contribution >= 4 is 17.2 Å². The maximum atomic E-state index is 4.72. The monoisotopic (exact) mass is 312 g/mol. The fourth-order valence-electron chi connectivity index (χ4n) is 2.58. The maximum Gasteiger partial charge on any atom is 0.187 e. The van der Waals surface area contributed by atoms with E-state index in [0.29, 0.717) is 0 Å². The molecule has 0 bridgehead atoms. The van der Waals surface area contributed by atoms with Crippen molar-refractivity contribution in [3.63, 3.8) is 0 Å². The molecule has 24 heavy (non-hydrogen) atoms.